The topological polar surface area (TPSA) is 140 Å². The van der Waals surface area contributed by atoms with Crippen molar-refractivity contribution in [1.82, 2.24) is 20.0 Å². The number of aromatic amines is 1. The lowest BCUT2D eigenvalue weighted by atomic mass is 10.1. The molecule has 0 radical (unpaired) electrons. The van der Waals surface area contributed by atoms with Crippen LogP contribution in [-0.2, 0) is 28.3 Å². The molecule has 1 amide bonds. The molecule has 0 unspecified atom stereocenters. The monoisotopic (exact) mass is 482 g/mol. The average Bonchev–Trinajstić information content (AvgIpc) is 3.33. The zero-order valence-corrected chi connectivity index (χ0v) is 19.1. The van der Waals surface area contributed by atoms with Gasteiger partial charge < -0.3 is 14.8 Å². The number of aryl methyl sites for hydroxylation is 1. The molecule has 34 heavy (non-hydrogen) atoms. The number of nitrogens with one attached hydrogen (secondary N) is 3. The number of amides is 1. The van der Waals surface area contributed by atoms with Crippen molar-refractivity contribution >= 4 is 38.3 Å². The Morgan fingerprint density at radius 1 is 1.15 bits per heavy atom. The number of nitrogens with zero attached hydrogens (tertiary/aromatic N) is 3. The Morgan fingerprint density at radius 3 is 2.76 bits per heavy atom. The standard InChI is InChI=1S/C22H22N6O5S/c1-28-13-16(12-23-28)34(30,31)27-15-4-5-18-17(11-15)22(26-25-18)24-21(29)10-14-3-6-19-20(9-14)33-8-2-7-32-19/h3-6,9,11-13,27H,2,7-8,10H2,1H3,(H2,24,25,26,29). The molecule has 11 nitrogen and oxygen atoms in total. The Morgan fingerprint density at radius 2 is 1.97 bits per heavy atom. The smallest absolute Gasteiger partial charge is 0.265 e. The summed E-state index contributed by atoms with van der Waals surface area (Å²) in [5.41, 5.74) is 1.75. The zero-order chi connectivity index (χ0) is 23.7. The largest absolute Gasteiger partial charge is 0.490 e. The van der Waals surface area contributed by atoms with Crippen LogP contribution in [0.5, 0.6) is 11.5 Å². The predicted octanol–water partition coefficient (Wildman–Crippen LogP) is 2.44. The highest BCUT2D eigenvalue weighted by Crippen LogP contribution is 2.31. The van der Waals surface area contributed by atoms with Gasteiger partial charge >= 0.3 is 0 Å². The molecule has 12 heteroatoms. The van der Waals surface area contributed by atoms with Crippen LogP contribution in [0.25, 0.3) is 10.9 Å². The minimum atomic E-state index is -3.80. The summed E-state index contributed by atoms with van der Waals surface area (Å²) in [6.07, 6.45) is 3.59. The number of carbonyl (C=O) groups is 1. The fraction of sp³-hybridized carbons (Fsp3) is 0.227. The number of fused-ring (bicyclic) bond motifs is 2. The van der Waals surface area contributed by atoms with Gasteiger partial charge in [-0.25, -0.2) is 8.42 Å². The summed E-state index contributed by atoms with van der Waals surface area (Å²) in [6.45, 7) is 1.16. The molecular formula is C22H22N6O5S. The SMILES string of the molecule is Cn1cc(S(=O)(=O)Nc2ccc3[nH]nc(NC(=O)Cc4ccc5c(c4)OCCCO5)c3c2)cn1. The van der Waals surface area contributed by atoms with Crippen LogP contribution in [0.2, 0.25) is 0 Å². The van der Waals surface area contributed by atoms with Gasteiger partial charge in [0, 0.05) is 30.7 Å². The first-order chi connectivity index (χ1) is 16.4. The molecule has 0 spiro atoms. The minimum Gasteiger partial charge on any atom is -0.490 e. The quantitative estimate of drug-likeness (QED) is 0.383. The second kappa shape index (κ2) is 8.71. The molecule has 1 aliphatic rings. The van der Waals surface area contributed by atoms with Crippen molar-refractivity contribution in [1.29, 1.82) is 0 Å². The molecule has 0 atom stereocenters. The average molecular weight is 483 g/mol. The summed E-state index contributed by atoms with van der Waals surface area (Å²) in [5.74, 6) is 1.32. The Bertz CT molecular complexity index is 1480. The van der Waals surface area contributed by atoms with E-state index in [4.69, 9.17) is 9.47 Å². The van der Waals surface area contributed by atoms with Crippen LogP contribution in [0.1, 0.15) is 12.0 Å². The molecule has 176 valence electrons. The number of hydrogen-bond acceptors (Lipinski definition) is 7. The van der Waals surface area contributed by atoms with Crippen LogP contribution in [-0.4, -0.2) is 47.5 Å². The van der Waals surface area contributed by atoms with Crippen LogP contribution >= 0.6 is 0 Å². The maximum Gasteiger partial charge on any atom is 0.265 e. The molecule has 1 aliphatic heterocycles. The van der Waals surface area contributed by atoms with Crippen molar-refractivity contribution < 1.29 is 22.7 Å². The van der Waals surface area contributed by atoms with Crippen LogP contribution in [0, 0.1) is 0 Å². The van der Waals surface area contributed by atoms with Crippen LogP contribution < -0.4 is 19.5 Å². The van der Waals surface area contributed by atoms with E-state index in [2.05, 4.69) is 25.3 Å². The number of sulfonamides is 1. The third-order valence-corrected chi connectivity index (χ3v) is 6.58. The van der Waals surface area contributed by atoms with Crippen molar-refractivity contribution in [2.24, 2.45) is 7.05 Å². The highest BCUT2D eigenvalue weighted by atomic mass is 32.2. The summed E-state index contributed by atoms with van der Waals surface area (Å²) in [4.78, 5) is 12.7. The van der Waals surface area contributed by atoms with E-state index < -0.39 is 10.0 Å². The molecule has 4 aromatic rings. The molecule has 0 saturated carbocycles. The number of rotatable bonds is 6. The van der Waals surface area contributed by atoms with Gasteiger partial charge in [0.2, 0.25) is 5.91 Å². The van der Waals surface area contributed by atoms with E-state index in [0.717, 1.165) is 12.0 Å². The van der Waals surface area contributed by atoms with E-state index in [1.165, 1.54) is 17.1 Å². The lowest BCUT2D eigenvalue weighted by molar-refractivity contribution is -0.115. The third-order valence-electron chi connectivity index (χ3n) is 5.24. The van der Waals surface area contributed by atoms with Gasteiger partial charge in [-0.05, 0) is 35.9 Å². The van der Waals surface area contributed by atoms with Gasteiger partial charge in [-0.2, -0.15) is 10.2 Å². The fourth-order valence-electron chi connectivity index (χ4n) is 3.60. The first-order valence-corrected chi connectivity index (χ1v) is 12.0. The van der Waals surface area contributed by atoms with Gasteiger partial charge in [0.25, 0.3) is 10.0 Å². The first-order valence-electron chi connectivity index (χ1n) is 10.6. The van der Waals surface area contributed by atoms with Gasteiger partial charge in [-0.3, -0.25) is 19.3 Å². The van der Waals surface area contributed by atoms with E-state index in [1.807, 2.05) is 6.07 Å². The first kappa shape index (κ1) is 21.8. The maximum atomic E-state index is 12.7. The number of hydrogen-bond donors (Lipinski definition) is 3. The molecule has 3 heterocycles. The van der Waals surface area contributed by atoms with Crippen LogP contribution in [0.3, 0.4) is 0 Å². The summed E-state index contributed by atoms with van der Waals surface area (Å²) < 4.78 is 40.4. The molecule has 2 aromatic carbocycles. The molecule has 0 saturated heterocycles. The Labute approximate surface area is 195 Å². The number of anilines is 2. The van der Waals surface area contributed by atoms with Crippen molar-refractivity contribution in [3.05, 3.63) is 54.4 Å². The molecule has 5 rings (SSSR count). The van der Waals surface area contributed by atoms with E-state index in [-0.39, 0.29) is 17.2 Å². The Kier molecular flexibility index (Phi) is 5.57. The van der Waals surface area contributed by atoms with Crippen molar-refractivity contribution in [2.75, 3.05) is 23.3 Å². The number of carbonyl (C=O) groups excluding carboxylic acids is 1. The highest BCUT2D eigenvalue weighted by Gasteiger charge is 2.18. The van der Waals surface area contributed by atoms with Crippen molar-refractivity contribution in [2.45, 2.75) is 17.7 Å². The number of ether oxygens (including phenoxy) is 2. The van der Waals surface area contributed by atoms with E-state index in [9.17, 15) is 13.2 Å². The maximum absolute atomic E-state index is 12.7. The number of H-pyrrole nitrogens is 1. The summed E-state index contributed by atoms with van der Waals surface area (Å²) in [7, 11) is -2.17. The molecular weight excluding hydrogens is 460 g/mol. The molecule has 0 bridgehead atoms. The van der Waals surface area contributed by atoms with Crippen LogP contribution in [0.15, 0.2) is 53.7 Å². The second-order valence-corrected chi connectivity index (χ2v) is 9.53. The Balaban J connectivity index is 1.32. The van der Waals surface area contributed by atoms with E-state index in [0.29, 0.717) is 47.1 Å². The normalized spacial score (nSPS) is 13.4. The minimum absolute atomic E-state index is 0.0472. The lowest BCUT2D eigenvalue weighted by Crippen LogP contribution is -2.15. The number of benzene rings is 2. The fourth-order valence-corrected chi connectivity index (χ4v) is 4.64. The molecule has 3 N–H and O–H groups in total. The van der Waals surface area contributed by atoms with E-state index in [1.54, 1.807) is 37.4 Å². The van der Waals surface area contributed by atoms with Gasteiger partial charge in [0.05, 0.1) is 31.3 Å². The molecule has 0 fully saturated rings. The van der Waals surface area contributed by atoms with Gasteiger partial charge in [0.1, 0.15) is 4.90 Å². The van der Waals surface area contributed by atoms with Gasteiger partial charge in [0.15, 0.2) is 17.3 Å². The van der Waals surface area contributed by atoms with Crippen molar-refractivity contribution in [3.63, 3.8) is 0 Å². The molecule has 0 aliphatic carbocycles. The van der Waals surface area contributed by atoms with E-state index >= 15 is 0 Å². The van der Waals surface area contributed by atoms with Crippen molar-refractivity contribution in [3.8, 4) is 11.5 Å². The van der Waals surface area contributed by atoms with Gasteiger partial charge in [-0.1, -0.05) is 6.07 Å². The predicted molar refractivity (Wildman–Crippen MR) is 124 cm³/mol. The lowest BCUT2D eigenvalue weighted by Gasteiger charge is -2.09. The third kappa shape index (κ3) is 4.53. The van der Waals surface area contributed by atoms with Gasteiger partial charge in [-0.15, -0.1) is 0 Å². The Hall–Kier alpha value is -4.06. The summed E-state index contributed by atoms with van der Waals surface area (Å²) in [5, 5.41) is 14.3. The van der Waals surface area contributed by atoms with Crippen LogP contribution in [0.4, 0.5) is 11.5 Å². The highest BCUT2D eigenvalue weighted by molar-refractivity contribution is 7.92. The summed E-state index contributed by atoms with van der Waals surface area (Å²) in [6, 6.07) is 10.3. The number of aromatic nitrogens is 4. The summed E-state index contributed by atoms with van der Waals surface area (Å²) >= 11 is 0. The molecule has 2 aromatic heterocycles. The zero-order valence-electron chi connectivity index (χ0n) is 18.2. The second-order valence-electron chi connectivity index (χ2n) is 7.84.